The lowest BCUT2D eigenvalue weighted by Crippen LogP contribution is -2.45. The average Bonchev–Trinajstić information content (AvgIpc) is 3.21. The summed E-state index contributed by atoms with van der Waals surface area (Å²) in [6.45, 7) is 4.87. The van der Waals surface area contributed by atoms with Crippen LogP contribution < -0.4 is 5.32 Å². The summed E-state index contributed by atoms with van der Waals surface area (Å²) in [6, 6.07) is -0.628. The van der Waals surface area contributed by atoms with E-state index in [0.29, 0.717) is 19.4 Å². The van der Waals surface area contributed by atoms with Gasteiger partial charge in [0.15, 0.2) is 0 Å². The van der Waals surface area contributed by atoms with E-state index in [1.165, 1.54) is 212 Å². The molecule has 0 aromatic rings. The molecule has 338 valence electrons. The average molecular weight is 806 g/mol. The molecule has 1 amide bonds. The molecule has 6 heteroatoms. The van der Waals surface area contributed by atoms with Crippen molar-refractivity contribution in [2.75, 3.05) is 13.2 Å². The van der Waals surface area contributed by atoms with Gasteiger partial charge >= 0.3 is 5.97 Å². The summed E-state index contributed by atoms with van der Waals surface area (Å²) >= 11 is 0. The van der Waals surface area contributed by atoms with Gasteiger partial charge in [0.25, 0.3) is 0 Å². The molecule has 0 spiro atoms. The molecule has 0 saturated carbocycles. The summed E-state index contributed by atoms with van der Waals surface area (Å²) in [7, 11) is 0. The molecule has 0 aromatic heterocycles. The molecule has 2 atom stereocenters. The molecule has 0 aliphatic rings. The van der Waals surface area contributed by atoms with E-state index >= 15 is 0 Å². The van der Waals surface area contributed by atoms with Gasteiger partial charge in [-0.05, 0) is 32.1 Å². The van der Waals surface area contributed by atoms with Gasteiger partial charge in [-0.2, -0.15) is 0 Å². The van der Waals surface area contributed by atoms with Crippen LogP contribution in [0.2, 0.25) is 0 Å². The summed E-state index contributed by atoms with van der Waals surface area (Å²) in [5.74, 6) is -0.0691. The van der Waals surface area contributed by atoms with Crippen LogP contribution in [0.1, 0.15) is 277 Å². The van der Waals surface area contributed by atoms with Crippen LogP contribution in [0.15, 0.2) is 12.2 Å². The Morgan fingerprint density at radius 1 is 0.474 bits per heavy atom. The van der Waals surface area contributed by atoms with E-state index in [1.54, 1.807) is 6.08 Å². The topological polar surface area (TPSA) is 95.9 Å². The van der Waals surface area contributed by atoms with Crippen molar-refractivity contribution >= 4 is 11.9 Å². The standard InChI is InChI=1S/C51H99NO5/c1-3-5-7-9-11-13-14-15-22-25-29-33-37-41-45-51(56)57-46-42-38-34-30-26-23-20-18-16-17-19-21-24-28-32-36-40-44-50(55)52-48(47-53)49(54)43-39-35-31-27-12-10-8-6-4-2/h39,43,48-49,53-54H,3-38,40-42,44-47H2,1-2H3,(H,52,55)/b43-39+. The first kappa shape index (κ1) is 55.6. The van der Waals surface area contributed by atoms with Gasteiger partial charge in [-0.15, -0.1) is 0 Å². The van der Waals surface area contributed by atoms with Crippen molar-refractivity contribution in [1.82, 2.24) is 5.32 Å². The van der Waals surface area contributed by atoms with Crippen LogP contribution in [-0.4, -0.2) is 47.4 Å². The number of amides is 1. The molecule has 0 rings (SSSR count). The summed E-state index contributed by atoms with van der Waals surface area (Å²) in [4.78, 5) is 24.4. The minimum Gasteiger partial charge on any atom is -0.466 e. The maximum atomic E-state index is 12.4. The number of aliphatic hydroxyl groups is 2. The lowest BCUT2D eigenvalue weighted by atomic mass is 10.0. The number of nitrogens with one attached hydrogen (secondary N) is 1. The fourth-order valence-electron chi connectivity index (χ4n) is 7.87. The highest BCUT2D eigenvalue weighted by Gasteiger charge is 2.18. The van der Waals surface area contributed by atoms with Gasteiger partial charge in [0.05, 0.1) is 25.4 Å². The quantitative estimate of drug-likeness (QED) is 0.0323. The lowest BCUT2D eigenvalue weighted by molar-refractivity contribution is -0.143. The van der Waals surface area contributed by atoms with E-state index in [-0.39, 0.29) is 18.5 Å². The third kappa shape index (κ3) is 44.0. The molecule has 0 aliphatic heterocycles. The van der Waals surface area contributed by atoms with Crippen molar-refractivity contribution in [3.05, 3.63) is 12.2 Å². The largest absolute Gasteiger partial charge is 0.466 e. The Labute approximate surface area is 355 Å². The van der Waals surface area contributed by atoms with Gasteiger partial charge < -0.3 is 20.3 Å². The summed E-state index contributed by atoms with van der Waals surface area (Å²) < 4.78 is 5.47. The fraction of sp³-hybridized carbons (Fsp3) is 0.922. The fourth-order valence-corrected chi connectivity index (χ4v) is 7.87. The Morgan fingerprint density at radius 2 is 0.807 bits per heavy atom. The zero-order chi connectivity index (χ0) is 41.5. The molecule has 6 nitrogen and oxygen atoms in total. The lowest BCUT2D eigenvalue weighted by Gasteiger charge is -2.20. The highest BCUT2D eigenvalue weighted by Crippen LogP contribution is 2.16. The number of carbonyl (C=O) groups is 2. The van der Waals surface area contributed by atoms with Crippen molar-refractivity contribution in [1.29, 1.82) is 0 Å². The molecule has 2 unspecified atom stereocenters. The second kappa shape index (κ2) is 47.3. The minimum absolute atomic E-state index is 0.00637. The number of carbonyl (C=O) groups excluding carboxylic acids is 2. The van der Waals surface area contributed by atoms with Crippen molar-refractivity contribution in [2.24, 2.45) is 0 Å². The van der Waals surface area contributed by atoms with E-state index in [2.05, 4.69) is 19.2 Å². The second-order valence-corrected chi connectivity index (χ2v) is 17.5. The molecular weight excluding hydrogens is 707 g/mol. The van der Waals surface area contributed by atoms with E-state index in [4.69, 9.17) is 4.74 Å². The summed E-state index contributed by atoms with van der Waals surface area (Å²) in [5, 5.41) is 22.9. The number of unbranched alkanes of at least 4 members (excludes halogenated alkanes) is 36. The molecule has 0 aromatic carbocycles. The van der Waals surface area contributed by atoms with Gasteiger partial charge in [0.1, 0.15) is 0 Å². The predicted molar refractivity (Wildman–Crippen MR) is 246 cm³/mol. The number of hydrogen-bond donors (Lipinski definition) is 3. The van der Waals surface area contributed by atoms with Crippen LogP contribution in [0, 0.1) is 0 Å². The number of allylic oxidation sites excluding steroid dienone is 1. The van der Waals surface area contributed by atoms with Gasteiger partial charge in [-0.1, -0.05) is 244 Å². The van der Waals surface area contributed by atoms with Gasteiger partial charge in [-0.25, -0.2) is 0 Å². The highest BCUT2D eigenvalue weighted by atomic mass is 16.5. The normalized spacial score (nSPS) is 12.7. The highest BCUT2D eigenvalue weighted by molar-refractivity contribution is 5.76. The van der Waals surface area contributed by atoms with Gasteiger partial charge in [0, 0.05) is 12.8 Å². The monoisotopic (exact) mass is 806 g/mol. The Hall–Kier alpha value is -1.40. The number of hydrogen-bond acceptors (Lipinski definition) is 5. The van der Waals surface area contributed by atoms with Crippen LogP contribution in [0.4, 0.5) is 0 Å². The molecule has 0 heterocycles. The Balaban J connectivity index is 3.39. The van der Waals surface area contributed by atoms with Crippen molar-refractivity contribution in [3.63, 3.8) is 0 Å². The Morgan fingerprint density at radius 3 is 1.19 bits per heavy atom. The first-order valence-electron chi connectivity index (χ1n) is 25.5. The number of rotatable bonds is 47. The van der Waals surface area contributed by atoms with E-state index in [0.717, 1.165) is 38.5 Å². The molecule has 0 radical (unpaired) electrons. The van der Waals surface area contributed by atoms with Crippen molar-refractivity contribution in [2.45, 2.75) is 289 Å². The van der Waals surface area contributed by atoms with Crippen LogP contribution in [0.5, 0.6) is 0 Å². The predicted octanol–water partition coefficient (Wildman–Crippen LogP) is 15.0. The third-order valence-corrected chi connectivity index (χ3v) is 11.8. The zero-order valence-electron chi connectivity index (χ0n) is 38.3. The minimum atomic E-state index is -0.844. The van der Waals surface area contributed by atoms with Crippen LogP contribution in [0.3, 0.4) is 0 Å². The Kier molecular flexibility index (Phi) is 46.1. The van der Waals surface area contributed by atoms with Crippen LogP contribution >= 0.6 is 0 Å². The number of aliphatic hydroxyl groups excluding tert-OH is 2. The Bertz CT molecular complexity index is 847. The summed E-state index contributed by atoms with van der Waals surface area (Å²) in [6.07, 6.45) is 53.6. The molecule has 57 heavy (non-hydrogen) atoms. The number of esters is 1. The zero-order valence-corrected chi connectivity index (χ0v) is 38.3. The van der Waals surface area contributed by atoms with Crippen molar-refractivity contribution in [3.8, 4) is 0 Å². The smallest absolute Gasteiger partial charge is 0.305 e. The first-order valence-corrected chi connectivity index (χ1v) is 25.5. The molecule has 0 aliphatic carbocycles. The maximum absolute atomic E-state index is 12.4. The van der Waals surface area contributed by atoms with Gasteiger partial charge in [-0.3, -0.25) is 9.59 Å². The van der Waals surface area contributed by atoms with E-state index in [9.17, 15) is 19.8 Å². The van der Waals surface area contributed by atoms with Gasteiger partial charge in [0.2, 0.25) is 5.91 Å². The summed E-state index contributed by atoms with van der Waals surface area (Å²) in [5.41, 5.74) is 0. The molecule has 0 saturated heterocycles. The van der Waals surface area contributed by atoms with Crippen LogP contribution in [0.25, 0.3) is 0 Å². The molecule has 3 N–H and O–H groups in total. The molecule has 0 bridgehead atoms. The number of ether oxygens (including phenoxy) is 1. The third-order valence-electron chi connectivity index (χ3n) is 11.8. The van der Waals surface area contributed by atoms with Crippen molar-refractivity contribution < 1.29 is 24.5 Å². The second-order valence-electron chi connectivity index (χ2n) is 17.5. The van der Waals surface area contributed by atoms with Crippen LogP contribution in [-0.2, 0) is 14.3 Å². The SMILES string of the molecule is CCCCCCCCC/C=C/C(O)C(CO)NC(=O)CCCCCCCCCCCCCCCCCCCOC(=O)CCCCCCCCCCCCCCCC. The maximum Gasteiger partial charge on any atom is 0.305 e. The van der Waals surface area contributed by atoms with E-state index in [1.807, 2.05) is 6.08 Å². The molecular formula is C51H99NO5. The first-order chi connectivity index (χ1) is 28.0. The molecule has 0 fully saturated rings. The van der Waals surface area contributed by atoms with E-state index < -0.39 is 12.1 Å².